The number of hydrogen-bond donors (Lipinski definition) is 0. The molecule has 134 valence electrons. The van der Waals surface area contributed by atoms with E-state index in [2.05, 4.69) is 18.7 Å². The Kier molecular flexibility index (Phi) is 5.63. The standard InChI is InChI=1S/C19H30N2O2S/c1-3-17-4-6-19(7-5-17)24(22,23)21-14-10-18(11-15-21)20-12-8-16(2)9-13-20/h4-7,16,18H,3,8-15H2,1-2H3. The highest BCUT2D eigenvalue weighted by molar-refractivity contribution is 7.89. The van der Waals surface area contributed by atoms with Gasteiger partial charge in [-0.1, -0.05) is 26.0 Å². The van der Waals surface area contributed by atoms with E-state index in [1.807, 2.05) is 12.1 Å². The first-order valence-corrected chi connectivity index (χ1v) is 10.8. The summed E-state index contributed by atoms with van der Waals surface area (Å²) in [4.78, 5) is 3.02. The molecule has 1 aromatic rings. The van der Waals surface area contributed by atoms with Gasteiger partial charge in [0.1, 0.15) is 0 Å². The predicted molar refractivity (Wildman–Crippen MR) is 97.6 cm³/mol. The zero-order valence-electron chi connectivity index (χ0n) is 14.9. The Hall–Kier alpha value is -0.910. The fourth-order valence-corrected chi connectivity index (χ4v) is 5.36. The highest BCUT2D eigenvalue weighted by atomic mass is 32.2. The summed E-state index contributed by atoms with van der Waals surface area (Å²) in [5.74, 6) is 0.841. The molecule has 4 nitrogen and oxygen atoms in total. The maximum atomic E-state index is 12.8. The lowest BCUT2D eigenvalue weighted by Gasteiger charge is -2.41. The van der Waals surface area contributed by atoms with Crippen molar-refractivity contribution in [2.24, 2.45) is 5.92 Å². The molecule has 0 aliphatic carbocycles. The van der Waals surface area contributed by atoms with Gasteiger partial charge in [0.25, 0.3) is 0 Å². The number of benzene rings is 1. The van der Waals surface area contributed by atoms with Crippen LogP contribution in [0.3, 0.4) is 0 Å². The smallest absolute Gasteiger partial charge is 0.243 e. The summed E-state index contributed by atoms with van der Waals surface area (Å²) in [7, 11) is -3.34. The maximum absolute atomic E-state index is 12.8. The van der Waals surface area contributed by atoms with E-state index in [9.17, 15) is 8.42 Å². The van der Waals surface area contributed by atoms with E-state index in [1.54, 1.807) is 16.4 Å². The molecule has 0 amide bonds. The predicted octanol–water partition coefficient (Wildman–Crippen LogP) is 3.13. The van der Waals surface area contributed by atoms with Crippen LogP contribution in [-0.4, -0.2) is 49.8 Å². The summed E-state index contributed by atoms with van der Waals surface area (Å²) < 4.78 is 27.3. The van der Waals surface area contributed by atoms with Gasteiger partial charge in [0.15, 0.2) is 0 Å². The average molecular weight is 351 g/mol. The summed E-state index contributed by atoms with van der Waals surface area (Å²) in [5.41, 5.74) is 1.17. The van der Waals surface area contributed by atoms with Crippen LogP contribution in [0.4, 0.5) is 0 Å². The Morgan fingerprint density at radius 1 is 0.958 bits per heavy atom. The molecule has 0 atom stereocenters. The molecule has 5 heteroatoms. The second-order valence-electron chi connectivity index (χ2n) is 7.35. The Balaban J connectivity index is 1.60. The molecule has 2 saturated heterocycles. The highest BCUT2D eigenvalue weighted by Crippen LogP contribution is 2.26. The molecule has 0 saturated carbocycles. The highest BCUT2D eigenvalue weighted by Gasteiger charge is 2.32. The first-order valence-electron chi connectivity index (χ1n) is 9.34. The van der Waals surface area contributed by atoms with E-state index in [0.29, 0.717) is 24.0 Å². The van der Waals surface area contributed by atoms with Gasteiger partial charge in [0, 0.05) is 19.1 Å². The van der Waals surface area contributed by atoms with Crippen LogP contribution >= 0.6 is 0 Å². The third-order valence-corrected chi connectivity index (χ3v) is 7.64. The van der Waals surface area contributed by atoms with Crippen molar-refractivity contribution in [1.29, 1.82) is 0 Å². The first-order chi connectivity index (χ1) is 11.5. The van der Waals surface area contributed by atoms with Crippen LogP contribution in [0.2, 0.25) is 0 Å². The number of piperidine rings is 2. The van der Waals surface area contributed by atoms with Gasteiger partial charge >= 0.3 is 0 Å². The monoisotopic (exact) mass is 350 g/mol. The van der Waals surface area contributed by atoms with E-state index in [-0.39, 0.29) is 0 Å². The Morgan fingerprint density at radius 3 is 2.08 bits per heavy atom. The second-order valence-corrected chi connectivity index (χ2v) is 9.29. The van der Waals surface area contributed by atoms with Crippen LogP contribution in [0.5, 0.6) is 0 Å². The number of hydrogen-bond acceptors (Lipinski definition) is 3. The SMILES string of the molecule is CCc1ccc(S(=O)(=O)N2CCC(N3CCC(C)CC3)CC2)cc1. The minimum atomic E-state index is -3.34. The molecule has 2 aliphatic heterocycles. The first kappa shape index (κ1) is 17.9. The zero-order valence-corrected chi connectivity index (χ0v) is 15.8. The fraction of sp³-hybridized carbons (Fsp3) is 0.684. The van der Waals surface area contributed by atoms with Gasteiger partial charge in [-0.3, -0.25) is 0 Å². The molecule has 24 heavy (non-hydrogen) atoms. The van der Waals surface area contributed by atoms with Crippen molar-refractivity contribution >= 4 is 10.0 Å². The summed E-state index contributed by atoms with van der Waals surface area (Å²) in [6.07, 6.45) is 5.41. The lowest BCUT2D eigenvalue weighted by atomic mass is 9.95. The summed E-state index contributed by atoms with van der Waals surface area (Å²) in [6.45, 7) is 8.06. The molecular formula is C19H30N2O2S. The molecule has 0 aromatic heterocycles. The zero-order chi connectivity index (χ0) is 17.2. The molecule has 0 spiro atoms. The quantitative estimate of drug-likeness (QED) is 0.838. The minimum absolute atomic E-state index is 0.435. The van der Waals surface area contributed by atoms with Crippen molar-refractivity contribution in [3.63, 3.8) is 0 Å². The molecule has 0 radical (unpaired) electrons. The molecule has 2 heterocycles. The number of nitrogens with zero attached hydrogens (tertiary/aromatic N) is 2. The van der Waals surface area contributed by atoms with Crippen molar-refractivity contribution in [2.75, 3.05) is 26.2 Å². The fourth-order valence-electron chi connectivity index (χ4n) is 3.89. The van der Waals surface area contributed by atoms with Crippen LogP contribution in [0.25, 0.3) is 0 Å². The second kappa shape index (κ2) is 7.54. The Labute approximate surface area is 146 Å². The van der Waals surface area contributed by atoms with Gasteiger partial charge in [-0.25, -0.2) is 8.42 Å². The van der Waals surface area contributed by atoms with Crippen LogP contribution in [0, 0.1) is 5.92 Å². The molecule has 0 bridgehead atoms. The van der Waals surface area contributed by atoms with Gasteiger partial charge in [-0.15, -0.1) is 0 Å². The number of rotatable bonds is 4. The van der Waals surface area contributed by atoms with E-state index in [0.717, 1.165) is 25.2 Å². The molecular weight excluding hydrogens is 320 g/mol. The van der Waals surface area contributed by atoms with Gasteiger partial charge in [0.2, 0.25) is 10.0 Å². The lowest BCUT2D eigenvalue weighted by Crippen LogP contribution is -2.48. The average Bonchev–Trinajstić information content (AvgIpc) is 2.62. The largest absolute Gasteiger partial charge is 0.300 e. The minimum Gasteiger partial charge on any atom is -0.300 e. The molecule has 0 unspecified atom stereocenters. The van der Waals surface area contributed by atoms with Gasteiger partial charge in [-0.05, 0) is 68.8 Å². The summed E-state index contributed by atoms with van der Waals surface area (Å²) in [6, 6.07) is 7.92. The van der Waals surface area contributed by atoms with E-state index in [1.165, 1.54) is 31.5 Å². The van der Waals surface area contributed by atoms with Crippen molar-refractivity contribution in [1.82, 2.24) is 9.21 Å². The van der Waals surface area contributed by atoms with Crippen molar-refractivity contribution in [3.8, 4) is 0 Å². The van der Waals surface area contributed by atoms with E-state index < -0.39 is 10.0 Å². The molecule has 0 N–H and O–H groups in total. The van der Waals surface area contributed by atoms with Crippen LogP contribution in [0.1, 0.15) is 45.1 Å². The third kappa shape index (κ3) is 3.84. The van der Waals surface area contributed by atoms with E-state index in [4.69, 9.17) is 0 Å². The maximum Gasteiger partial charge on any atom is 0.243 e. The van der Waals surface area contributed by atoms with E-state index >= 15 is 0 Å². The molecule has 2 fully saturated rings. The van der Waals surface area contributed by atoms with Gasteiger partial charge in [-0.2, -0.15) is 4.31 Å². The Bertz CT molecular complexity index is 626. The summed E-state index contributed by atoms with van der Waals surface area (Å²) >= 11 is 0. The number of likely N-dealkylation sites (tertiary alicyclic amines) is 1. The topological polar surface area (TPSA) is 40.6 Å². The molecule has 3 rings (SSSR count). The lowest BCUT2D eigenvalue weighted by molar-refractivity contribution is 0.101. The van der Waals surface area contributed by atoms with Crippen LogP contribution in [0.15, 0.2) is 29.2 Å². The van der Waals surface area contributed by atoms with Gasteiger partial charge < -0.3 is 4.90 Å². The number of sulfonamides is 1. The van der Waals surface area contributed by atoms with Gasteiger partial charge in [0.05, 0.1) is 4.90 Å². The molecule has 2 aliphatic rings. The number of aryl methyl sites for hydroxylation is 1. The van der Waals surface area contributed by atoms with Crippen molar-refractivity contribution in [3.05, 3.63) is 29.8 Å². The summed E-state index contributed by atoms with van der Waals surface area (Å²) in [5, 5.41) is 0. The van der Waals surface area contributed by atoms with Crippen LogP contribution in [-0.2, 0) is 16.4 Å². The van der Waals surface area contributed by atoms with Crippen molar-refractivity contribution in [2.45, 2.75) is 56.9 Å². The Morgan fingerprint density at radius 2 is 1.54 bits per heavy atom. The normalized spacial score (nSPS) is 22.8. The van der Waals surface area contributed by atoms with Crippen LogP contribution < -0.4 is 0 Å². The van der Waals surface area contributed by atoms with Crippen molar-refractivity contribution < 1.29 is 8.42 Å². The molecule has 1 aromatic carbocycles. The third-order valence-electron chi connectivity index (χ3n) is 5.73.